The van der Waals surface area contributed by atoms with E-state index in [2.05, 4.69) is 20.6 Å². The first-order valence-electron chi connectivity index (χ1n) is 9.90. The Kier molecular flexibility index (Phi) is 5.79. The second kappa shape index (κ2) is 8.81. The lowest BCUT2D eigenvalue weighted by atomic mass is 10.2. The van der Waals surface area contributed by atoms with E-state index in [0.717, 1.165) is 18.4 Å². The molecule has 4 rings (SSSR count). The number of nitrogens with one attached hydrogen (secondary N) is 1. The molecule has 8 nitrogen and oxygen atoms in total. The van der Waals surface area contributed by atoms with Crippen molar-refractivity contribution in [3.05, 3.63) is 58.5 Å². The standard InChI is InChI=1S/C21H23N5O3/c27-19(11-13-26-21(28)17-9-3-4-10-18(17)24-25-26)23-14-15-6-5-12-22-20(15)29-16-7-1-2-8-16/h3-6,9-10,12,16H,1-2,7-8,11,13-14H2,(H,23,27). The van der Waals surface area contributed by atoms with Crippen molar-refractivity contribution in [2.75, 3.05) is 0 Å². The van der Waals surface area contributed by atoms with Crippen molar-refractivity contribution < 1.29 is 9.53 Å². The predicted octanol–water partition coefficient (Wildman–Crippen LogP) is 2.21. The first kappa shape index (κ1) is 19.0. The van der Waals surface area contributed by atoms with E-state index in [1.54, 1.807) is 30.5 Å². The van der Waals surface area contributed by atoms with Crippen LogP contribution in [0.1, 0.15) is 37.7 Å². The number of carbonyl (C=O) groups excluding carboxylic acids is 1. The van der Waals surface area contributed by atoms with Gasteiger partial charge in [-0.15, -0.1) is 5.10 Å². The Balaban J connectivity index is 1.34. The van der Waals surface area contributed by atoms with Crippen molar-refractivity contribution in [1.29, 1.82) is 0 Å². The molecular weight excluding hydrogens is 370 g/mol. The Bertz CT molecular complexity index is 1060. The molecule has 1 saturated carbocycles. The van der Waals surface area contributed by atoms with Crippen molar-refractivity contribution in [2.24, 2.45) is 0 Å². The van der Waals surface area contributed by atoms with Gasteiger partial charge in [0.25, 0.3) is 5.56 Å². The van der Waals surface area contributed by atoms with Gasteiger partial charge in [0.1, 0.15) is 11.6 Å². The molecule has 1 aliphatic carbocycles. The lowest BCUT2D eigenvalue weighted by Crippen LogP contribution is -2.29. The average Bonchev–Trinajstić information content (AvgIpc) is 3.26. The molecule has 0 unspecified atom stereocenters. The van der Waals surface area contributed by atoms with Gasteiger partial charge in [-0.1, -0.05) is 23.4 Å². The summed E-state index contributed by atoms with van der Waals surface area (Å²) in [6, 6.07) is 10.8. The number of nitrogens with zero attached hydrogens (tertiary/aromatic N) is 4. The number of ether oxygens (including phenoxy) is 1. The maximum atomic E-state index is 12.4. The molecule has 2 heterocycles. The Morgan fingerprint density at radius 1 is 1.17 bits per heavy atom. The molecule has 1 aromatic carbocycles. The van der Waals surface area contributed by atoms with E-state index in [-0.39, 0.29) is 30.5 Å². The molecule has 8 heteroatoms. The first-order chi connectivity index (χ1) is 14.2. The van der Waals surface area contributed by atoms with E-state index in [4.69, 9.17) is 4.74 Å². The van der Waals surface area contributed by atoms with E-state index in [0.29, 0.717) is 23.3 Å². The highest BCUT2D eigenvalue weighted by molar-refractivity contribution is 5.77. The third kappa shape index (κ3) is 4.59. The van der Waals surface area contributed by atoms with Crippen molar-refractivity contribution in [2.45, 2.75) is 51.3 Å². The van der Waals surface area contributed by atoms with Crippen LogP contribution in [0.4, 0.5) is 0 Å². The number of aromatic nitrogens is 4. The molecule has 150 valence electrons. The van der Waals surface area contributed by atoms with E-state index in [1.807, 2.05) is 12.1 Å². The summed E-state index contributed by atoms with van der Waals surface area (Å²) >= 11 is 0. The number of amides is 1. The normalized spacial score (nSPS) is 14.2. The van der Waals surface area contributed by atoms with Crippen LogP contribution in [0.15, 0.2) is 47.4 Å². The monoisotopic (exact) mass is 393 g/mol. The van der Waals surface area contributed by atoms with Crippen LogP contribution >= 0.6 is 0 Å². The maximum absolute atomic E-state index is 12.4. The van der Waals surface area contributed by atoms with Gasteiger partial charge in [0.05, 0.1) is 11.9 Å². The zero-order valence-corrected chi connectivity index (χ0v) is 16.1. The third-order valence-electron chi connectivity index (χ3n) is 5.09. The van der Waals surface area contributed by atoms with Crippen LogP contribution in [-0.4, -0.2) is 32.0 Å². The Hall–Kier alpha value is -3.29. The van der Waals surface area contributed by atoms with Gasteiger partial charge in [0.15, 0.2) is 0 Å². The van der Waals surface area contributed by atoms with E-state index >= 15 is 0 Å². The van der Waals surface area contributed by atoms with Gasteiger partial charge in [-0.05, 0) is 43.9 Å². The number of aryl methyl sites for hydroxylation is 1. The molecule has 3 aromatic rings. The number of pyridine rings is 1. The van der Waals surface area contributed by atoms with Gasteiger partial charge in [-0.2, -0.15) is 0 Å². The maximum Gasteiger partial charge on any atom is 0.277 e. The molecule has 0 saturated heterocycles. The summed E-state index contributed by atoms with van der Waals surface area (Å²) in [6.45, 7) is 0.494. The average molecular weight is 393 g/mol. The summed E-state index contributed by atoms with van der Waals surface area (Å²) in [5.74, 6) is 0.402. The number of fused-ring (bicyclic) bond motifs is 1. The van der Waals surface area contributed by atoms with Gasteiger partial charge in [0, 0.05) is 24.7 Å². The third-order valence-corrected chi connectivity index (χ3v) is 5.09. The molecule has 29 heavy (non-hydrogen) atoms. The predicted molar refractivity (Wildman–Crippen MR) is 107 cm³/mol. The van der Waals surface area contributed by atoms with E-state index in [1.165, 1.54) is 17.5 Å². The highest BCUT2D eigenvalue weighted by Gasteiger charge is 2.18. The summed E-state index contributed by atoms with van der Waals surface area (Å²) in [5.41, 5.74) is 1.14. The van der Waals surface area contributed by atoms with Crippen LogP contribution in [0, 0.1) is 0 Å². The highest BCUT2D eigenvalue weighted by Crippen LogP contribution is 2.24. The minimum atomic E-state index is -0.247. The van der Waals surface area contributed by atoms with Crippen LogP contribution in [0.2, 0.25) is 0 Å². The second-order valence-electron chi connectivity index (χ2n) is 7.15. The first-order valence-corrected chi connectivity index (χ1v) is 9.90. The molecule has 0 radical (unpaired) electrons. The van der Waals surface area contributed by atoms with Gasteiger partial charge in [-0.3, -0.25) is 9.59 Å². The van der Waals surface area contributed by atoms with E-state index in [9.17, 15) is 9.59 Å². The Morgan fingerprint density at radius 2 is 2.00 bits per heavy atom. The molecule has 0 atom stereocenters. The summed E-state index contributed by atoms with van der Waals surface area (Å²) in [4.78, 5) is 29.0. The SMILES string of the molecule is O=C(CCn1nnc2ccccc2c1=O)NCc1cccnc1OC1CCCC1. The molecule has 0 bridgehead atoms. The second-order valence-corrected chi connectivity index (χ2v) is 7.15. The summed E-state index contributed by atoms with van der Waals surface area (Å²) in [6.07, 6.45) is 6.49. The zero-order valence-electron chi connectivity index (χ0n) is 16.1. The van der Waals surface area contributed by atoms with Crippen molar-refractivity contribution in [3.63, 3.8) is 0 Å². The quantitative estimate of drug-likeness (QED) is 0.661. The zero-order chi connectivity index (χ0) is 20.1. The minimum Gasteiger partial charge on any atom is -0.474 e. The topological polar surface area (TPSA) is 99.0 Å². The number of carbonyl (C=O) groups is 1. The summed E-state index contributed by atoms with van der Waals surface area (Å²) in [5, 5.41) is 11.3. The van der Waals surface area contributed by atoms with Crippen LogP contribution in [0.5, 0.6) is 5.88 Å². The number of hydrogen-bond donors (Lipinski definition) is 1. The van der Waals surface area contributed by atoms with Crippen molar-refractivity contribution in [3.8, 4) is 5.88 Å². The smallest absolute Gasteiger partial charge is 0.277 e. The van der Waals surface area contributed by atoms with Gasteiger partial charge in [-0.25, -0.2) is 9.67 Å². The number of benzene rings is 1. The molecular formula is C21H23N5O3. The lowest BCUT2D eigenvalue weighted by Gasteiger charge is -2.15. The van der Waals surface area contributed by atoms with Crippen LogP contribution < -0.4 is 15.6 Å². The molecule has 1 fully saturated rings. The fraction of sp³-hybridized carbons (Fsp3) is 0.381. The molecule has 1 amide bonds. The van der Waals surface area contributed by atoms with Crippen LogP contribution in [-0.2, 0) is 17.9 Å². The van der Waals surface area contributed by atoms with Crippen molar-refractivity contribution in [1.82, 2.24) is 25.3 Å². The highest BCUT2D eigenvalue weighted by atomic mass is 16.5. The minimum absolute atomic E-state index is 0.131. The van der Waals surface area contributed by atoms with Gasteiger partial charge in [0.2, 0.25) is 11.8 Å². The lowest BCUT2D eigenvalue weighted by molar-refractivity contribution is -0.121. The van der Waals surface area contributed by atoms with E-state index < -0.39 is 0 Å². The molecule has 2 aromatic heterocycles. The molecule has 1 N–H and O–H groups in total. The largest absolute Gasteiger partial charge is 0.474 e. The number of rotatable bonds is 7. The molecule has 1 aliphatic rings. The Morgan fingerprint density at radius 3 is 2.86 bits per heavy atom. The summed E-state index contributed by atoms with van der Waals surface area (Å²) < 4.78 is 7.22. The fourth-order valence-electron chi connectivity index (χ4n) is 3.49. The van der Waals surface area contributed by atoms with Crippen LogP contribution in [0.3, 0.4) is 0 Å². The molecule has 0 aliphatic heterocycles. The number of hydrogen-bond acceptors (Lipinski definition) is 6. The summed E-state index contributed by atoms with van der Waals surface area (Å²) in [7, 11) is 0. The molecule has 0 spiro atoms. The van der Waals surface area contributed by atoms with Crippen molar-refractivity contribution >= 4 is 16.8 Å². The fourth-order valence-corrected chi connectivity index (χ4v) is 3.49. The Labute approximate surface area is 167 Å². The van der Waals surface area contributed by atoms with Gasteiger partial charge >= 0.3 is 0 Å². The van der Waals surface area contributed by atoms with Crippen LogP contribution in [0.25, 0.3) is 10.9 Å². The van der Waals surface area contributed by atoms with Gasteiger partial charge < -0.3 is 10.1 Å².